The van der Waals surface area contributed by atoms with Gasteiger partial charge >= 0.3 is 6.18 Å². The first-order chi connectivity index (χ1) is 15.3. The summed E-state index contributed by atoms with van der Waals surface area (Å²) in [6.45, 7) is 4.02. The van der Waals surface area contributed by atoms with Crippen molar-refractivity contribution in [3.8, 4) is 22.4 Å². The summed E-state index contributed by atoms with van der Waals surface area (Å²) in [7, 11) is 0. The Morgan fingerprint density at radius 2 is 1.72 bits per heavy atom. The van der Waals surface area contributed by atoms with Crippen molar-refractivity contribution in [3.63, 3.8) is 0 Å². The van der Waals surface area contributed by atoms with Crippen molar-refractivity contribution < 1.29 is 13.2 Å². The summed E-state index contributed by atoms with van der Waals surface area (Å²) in [5.74, 6) is 0.316. The van der Waals surface area contributed by atoms with Gasteiger partial charge in [-0.1, -0.05) is 12.1 Å². The van der Waals surface area contributed by atoms with Gasteiger partial charge in [0.1, 0.15) is 0 Å². The van der Waals surface area contributed by atoms with Crippen LogP contribution in [0, 0.1) is 13.8 Å². The zero-order valence-corrected chi connectivity index (χ0v) is 17.5. The molecule has 0 amide bonds. The number of alkyl halides is 3. The number of aryl methyl sites for hydroxylation is 2. The SMILES string of the molecule is Cc1cnccc1-c1cnc(NCc2cccc(C(F)(F)F)c2)nc1-c1cccnc1C. The van der Waals surface area contributed by atoms with E-state index in [1.165, 1.54) is 6.07 Å². The third-order valence-electron chi connectivity index (χ3n) is 5.07. The van der Waals surface area contributed by atoms with Crippen molar-refractivity contribution in [2.24, 2.45) is 0 Å². The maximum Gasteiger partial charge on any atom is 0.416 e. The number of nitrogens with zero attached hydrogens (tertiary/aromatic N) is 4. The fourth-order valence-corrected chi connectivity index (χ4v) is 3.42. The number of rotatable bonds is 5. The Labute approximate surface area is 183 Å². The molecule has 0 atom stereocenters. The topological polar surface area (TPSA) is 63.6 Å². The molecule has 0 bridgehead atoms. The van der Waals surface area contributed by atoms with Gasteiger partial charge in [-0.3, -0.25) is 9.97 Å². The number of hydrogen-bond donors (Lipinski definition) is 1. The molecule has 0 unspecified atom stereocenters. The lowest BCUT2D eigenvalue weighted by atomic mass is 9.98. The van der Waals surface area contributed by atoms with Crippen LogP contribution in [0.4, 0.5) is 19.1 Å². The Morgan fingerprint density at radius 1 is 0.875 bits per heavy atom. The zero-order chi connectivity index (χ0) is 22.7. The molecule has 0 saturated heterocycles. The number of halogens is 3. The van der Waals surface area contributed by atoms with Crippen LogP contribution in [0.3, 0.4) is 0 Å². The van der Waals surface area contributed by atoms with Gasteiger partial charge in [0.25, 0.3) is 0 Å². The molecule has 0 saturated carbocycles. The van der Waals surface area contributed by atoms with Crippen LogP contribution in [0.2, 0.25) is 0 Å². The largest absolute Gasteiger partial charge is 0.416 e. The van der Waals surface area contributed by atoms with Crippen LogP contribution >= 0.6 is 0 Å². The molecule has 0 aliphatic heterocycles. The van der Waals surface area contributed by atoms with Crippen LogP contribution in [0.5, 0.6) is 0 Å². The summed E-state index contributed by atoms with van der Waals surface area (Å²) in [5, 5.41) is 3.04. The zero-order valence-electron chi connectivity index (χ0n) is 17.5. The Hall–Kier alpha value is -3.81. The normalized spacial score (nSPS) is 11.4. The van der Waals surface area contributed by atoms with Crippen LogP contribution in [-0.4, -0.2) is 19.9 Å². The number of benzene rings is 1. The van der Waals surface area contributed by atoms with Crippen LogP contribution in [0.15, 0.2) is 67.3 Å². The number of pyridine rings is 2. The van der Waals surface area contributed by atoms with E-state index in [1.54, 1.807) is 30.9 Å². The molecule has 0 fully saturated rings. The van der Waals surface area contributed by atoms with Gasteiger partial charge in [-0.15, -0.1) is 0 Å². The van der Waals surface area contributed by atoms with Crippen molar-refractivity contribution in [1.82, 2.24) is 19.9 Å². The Kier molecular flexibility index (Phi) is 5.85. The van der Waals surface area contributed by atoms with Gasteiger partial charge in [0.15, 0.2) is 0 Å². The molecule has 1 N–H and O–H groups in total. The quantitative estimate of drug-likeness (QED) is 0.426. The van der Waals surface area contributed by atoms with E-state index in [1.807, 2.05) is 32.0 Å². The van der Waals surface area contributed by atoms with Gasteiger partial charge in [-0.2, -0.15) is 13.2 Å². The Balaban J connectivity index is 1.70. The van der Waals surface area contributed by atoms with E-state index in [0.717, 1.165) is 40.1 Å². The highest BCUT2D eigenvalue weighted by Crippen LogP contribution is 2.33. The molecule has 32 heavy (non-hydrogen) atoms. The maximum atomic E-state index is 13.0. The molecule has 4 aromatic rings. The molecule has 4 rings (SSSR count). The lowest BCUT2D eigenvalue weighted by Crippen LogP contribution is -2.08. The second-order valence-corrected chi connectivity index (χ2v) is 7.33. The van der Waals surface area contributed by atoms with Crippen molar-refractivity contribution in [3.05, 3.63) is 89.6 Å². The third-order valence-corrected chi connectivity index (χ3v) is 5.07. The summed E-state index contributed by atoms with van der Waals surface area (Å²) < 4.78 is 39.0. The molecule has 3 heterocycles. The predicted octanol–water partition coefficient (Wildman–Crippen LogP) is 5.85. The Bertz CT molecular complexity index is 1250. The van der Waals surface area contributed by atoms with E-state index in [0.29, 0.717) is 17.2 Å². The first kappa shape index (κ1) is 21.4. The second-order valence-electron chi connectivity index (χ2n) is 7.33. The summed E-state index contributed by atoms with van der Waals surface area (Å²) in [6, 6.07) is 10.9. The molecule has 0 radical (unpaired) electrons. The molecule has 3 aromatic heterocycles. The van der Waals surface area contributed by atoms with E-state index < -0.39 is 11.7 Å². The van der Waals surface area contributed by atoms with E-state index >= 15 is 0 Å². The van der Waals surface area contributed by atoms with Crippen molar-refractivity contribution >= 4 is 5.95 Å². The first-order valence-electron chi connectivity index (χ1n) is 9.93. The summed E-state index contributed by atoms with van der Waals surface area (Å²) in [6.07, 6.45) is 2.52. The van der Waals surface area contributed by atoms with E-state index in [4.69, 9.17) is 4.98 Å². The highest BCUT2D eigenvalue weighted by atomic mass is 19.4. The van der Waals surface area contributed by atoms with Gasteiger partial charge in [0, 0.05) is 48.2 Å². The Morgan fingerprint density at radius 3 is 2.47 bits per heavy atom. The second kappa shape index (κ2) is 8.74. The molecule has 0 aliphatic carbocycles. The van der Waals surface area contributed by atoms with E-state index in [9.17, 15) is 13.2 Å². The van der Waals surface area contributed by atoms with Crippen LogP contribution < -0.4 is 5.32 Å². The number of nitrogens with one attached hydrogen (secondary N) is 1. The predicted molar refractivity (Wildman–Crippen MR) is 117 cm³/mol. The number of anilines is 1. The van der Waals surface area contributed by atoms with Gasteiger partial charge < -0.3 is 5.32 Å². The highest BCUT2D eigenvalue weighted by molar-refractivity contribution is 5.82. The minimum atomic E-state index is -4.39. The average Bonchev–Trinajstić information content (AvgIpc) is 2.78. The standard InChI is InChI=1S/C24H20F3N5/c1-15-12-28-10-8-19(15)21-14-31-23(32-22(21)20-7-4-9-29-16(20)2)30-13-17-5-3-6-18(11-17)24(25,26)27/h3-12,14H,13H2,1-2H3,(H,30,31,32). The van der Waals surface area contributed by atoms with Crippen LogP contribution in [0.25, 0.3) is 22.4 Å². The lowest BCUT2D eigenvalue weighted by molar-refractivity contribution is -0.137. The van der Waals surface area contributed by atoms with Gasteiger partial charge in [-0.05, 0) is 60.9 Å². The number of aromatic nitrogens is 4. The van der Waals surface area contributed by atoms with Gasteiger partial charge in [0.05, 0.1) is 11.3 Å². The van der Waals surface area contributed by atoms with E-state index in [-0.39, 0.29) is 6.54 Å². The van der Waals surface area contributed by atoms with E-state index in [2.05, 4.69) is 20.3 Å². The van der Waals surface area contributed by atoms with Crippen LogP contribution in [0.1, 0.15) is 22.4 Å². The number of hydrogen-bond acceptors (Lipinski definition) is 5. The molecular weight excluding hydrogens is 415 g/mol. The molecular formula is C24H20F3N5. The van der Waals surface area contributed by atoms with Crippen LogP contribution in [-0.2, 0) is 12.7 Å². The molecule has 1 aromatic carbocycles. The third kappa shape index (κ3) is 4.59. The molecule has 8 heteroatoms. The van der Waals surface area contributed by atoms with Gasteiger partial charge in [0.2, 0.25) is 5.95 Å². The smallest absolute Gasteiger partial charge is 0.350 e. The summed E-state index contributed by atoms with van der Waals surface area (Å²) in [5.41, 5.74) is 4.89. The minimum absolute atomic E-state index is 0.156. The summed E-state index contributed by atoms with van der Waals surface area (Å²) >= 11 is 0. The molecule has 0 spiro atoms. The fraction of sp³-hybridized carbons (Fsp3) is 0.167. The molecule has 5 nitrogen and oxygen atoms in total. The average molecular weight is 435 g/mol. The summed E-state index contributed by atoms with van der Waals surface area (Å²) in [4.78, 5) is 17.6. The van der Waals surface area contributed by atoms with Crippen molar-refractivity contribution in [1.29, 1.82) is 0 Å². The minimum Gasteiger partial charge on any atom is -0.350 e. The maximum absolute atomic E-state index is 13.0. The highest BCUT2D eigenvalue weighted by Gasteiger charge is 2.30. The fourth-order valence-electron chi connectivity index (χ4n) is 3.42. The van der Waals surface area contributed by atoms with Gasteiger partial charge in [-0.25, -0.2) is 9.97 Å². The molecule has 162 valence electrons. The first-order valence-corrected chi connectivity index (χ1v) is 9.93. The molecule has 0 aliphatic rings. The monoisotopic (exact) mass is 435 g/mol. The van der Waals surface area contributed by atoms with Crippen molar-refractivity contribution in [2.45, 2.75) is 26.6 Å². The lowest BCUT2D eigenvalue weighted by Gasteiger charge is -2.14. The van der Waals surface area contributed by atoms with Crippen molar-refractivity contribution in [2.75, 3.05) is 5.32 Å².